The molecule has 4 nitrogen and oxygen atoms in total. The van der Waals surface area contributed by atoms with E-state index in [9.17, 15) is 0 Å². The van der Waals surface area contributed by atoms with E-state index < -0.39 is 0 Å². The largest absolute Gasteiger partial charge is 0.314 e. The van der Waals surface area contributed by atoms with Crippen molar-refractivity contribution in [1.82, 2.24) is 9.97 Å². The van der Waals surface area contributed by atoms with Gasteiger partial charge in [-0.2, -0.15) is 5.26 Å². The lowest BCUT2D eigenvalue weighted by Crippen LogP contribution is -2.14. The predicted octanol–water partition coefficient (Wildman–Crippen LogP) is 3.04. The van der Waals surface area contributed by atoms with Crippen molar-refractivity contribution >= 4 is 11.6 Å². The summed E-state index contributed by atoms with van der Waals surface area (Å²) in [5.74, 6) is 0.543. The van der Waals surface area contributed by atoms with Crippen molar-refractivity contribution in [2.75, 3.05) is 11.9 Å². The third-order valence-corrected chi connectivity index (χ3v) is 2.85. The van der Waals surface area contributed by atoms with Gasteiger partial charge in [0.1, 0.15) is 11.8 Å². The highest BCUT2D eigenvalue weighted by atomic mass is 15.2. The highest BCUT2D eigenvalue weighted by Crippen LogP contribution is 2.23. The number of nitrogens with zero attached hydrogens (tertiary/aromatic N) is 4. The number of nitriles is 1. The highest BCUT2D eigenvalue weighted by Gasteiger charge is 2.10. The fourth-order valence-electron chi connectivity index (χ4n) is 2.02. The summed E-state index contributed by atoms with van der Waals surface area (Å²) in [5.41, 5.74) is 4.58. The average Bonchev–Trinajstić information content (AvgIpc) is 2.35. The topological polar surface area (TPSA) is 52.8 Å². The van der Waals surface area contributed by atoms with E-state index in [0.717, 1.165) is 11.4 Å². The Bertz CT molecular complexity index is 635. The number of aromatic nitrogens is 2. The van der Waals surface area contributed by atoms with Crippen LogP contribution < -0.4 is 4.90 Å². The molecule has 1 heterocycles. The first kappa shape index (κ1) is 13.0. The molecule has 1 aromatic carbocycles. The molecule has 0 aliphatic heterocycles. The standard InChI is InChI=1S/C15H16N4/c1-10-5-11(2)7-14(6-10)19(4)15-17-12(3)8-13(9-16)18-15/h5-8H,1-4H3. The van der Waals surface area contributed by atoms with Crippen molar-refractivity contribution in [3.63, 3.8) is 0 Å². The van der Waals surface area contributed by atoms with Crippen molar-refractivity contribution in [3.05, 3.63) is 46.8 Å². The molecule has 0 fully saturated rings. The third kappa shape index (κ3) is 2.89. The Balaban J connectivity index is 2.46. The van der Waals surface area contributed by atoms with Crippen LogP contribution in [0, 0.1) is 32.1 Å². The molecule has 1 aromatic heterocycles. The van der Waals surface area contributed by atoms with Crippen molar-refractivity contribution in [3.8, 4) is 6.07 Å². The second-order valence-corrected chi connectivity index (χ2v) is 4.71. The molecule has 2 aromatic rings. The minimum Gasteiger partial charge on any atom is -0.314 e. The van der Waals surface area contributed by atoms with E-state index in [-0.39, 0.29) is 0 Å². The summed E-state index contributed by atoms with van der Waals surface area (Å²) in [4.78, 5) is 10.5. The predicted molar refractivity (Wildman–Crippen MR) is 75.5 cm³/mol. The first-order chi connectivity index (χ1) is 8.99. The monoisotopic (exact) mass is 252 g/mol. The fourth-order valence-corrected chi connectivity index (χ4v) is 2.02. The van der Waals surface area contributed by atoms with Gasteiger partial charge in [-0.1, -0.05) is 6.07 Å². The van der Waals surface area contributed by atoms with Gasteiger partial charge in [-0.25, -0.2) is 9.97 Å². The first-order valence-electron chi connectivity index (χ1n) is 6.07. The fraction of sp³-hybridized carbons (Fsp3) is 0.267. The van der Waals surface area contributed by atoms with Crippen LogP contribution in [0.25, 0.3) is 0 Å². The highest BCUT2D eigenvalue weighted by molar-refractivity contribution is 5.59. The second-order valence-electron chi connectivity index (χ2n) is 4.71. The molecule has 0 atom stereocenters. The van der Waals surface area contributed by atoms with E-state index in [1.165, 1.54) is 11.1 Å². The minimum absolute atomic E-state index is 0.388. The zero-order chi connectivity index (χ0) is 14.0. The zero-order valence-electron chi connectivity index (χ0n) is 11.6. The zero-order valence-corrected chi connectivity index (χ0v) is 11.6. The van der Waals surface area contributed by atoms with Crippen molar-refractivity contribution in [2.24, 2.45) is 0 Å². The van der Waals surface area contributed by atoms with E-state index in [1.54, 1.807) is 6.07 Å². The molecule has 0 aliphatic carbocycles. The van der Waals surface area contributed by atoms with E-state index in [0.29, 0.717) is 11.6 Å². The quantitative estimate of drug-likeness (QED) is 0.824. The van der Waals surface area contributed by atoms with Crippen LogP contribution in [0.3, 0.4) is 0 Å². The molecule has 2 rings (SSSR count). The number of benzene rings is 1. The molecule has 0 bridgehead atoms. The lowest BCUT2D eigenvalue weighted by atomic mass is 10.1. The van der Waals surface area contributed by atoms with Crippen LogP contribution in [-0.2, 0) is 0 Å². The molecule has 0 radical (unpaired) electrons. The van der Waals surface area contributed by atoms with Crippen LogP contribution in [-0.4, -0.2) is 17.0 Å². The molecular formula is C15H16N4. The van der Waals surface area contributed by atoms with Crippen LogP contribution in [0.5, 0.6) is 0 Å². The van der Waals surface area contributed by atoms with Gasteiger partial charge < -0.3 is 4.90 Å². The Kier molecular flexibility index (Phi) is 3.48. The molecule has 0 spiro atoms. The third-order valence-electron chi connectivity index (χ3n) is 2.85. The van der Waals surface area contributed by atoms with Gasteiger partial charge in [-0.3, -0.25) is 0 Å². The first-order valence-corrected chi connectivity index (χ1v) is 6.07. The number of hydrogen-bond donors (Lipinski definition) is 0. The molecule has 0 saturated heterocycles. The lowest BCUT2D eigenvalue weighted by Gasteiger charge is -2.18. The Hall–Kier alpha value is -2.41. The Morgan fingerprint density at radius 3 is 2.21 bits per heavy atom. The molecule has 0 N–H and O–H groups in total. The average molecular weight is 252 g/mol. The molecule has 19 heavy (non-hydrogen) atoms. The maximum atomic E-state index is 8.97. The summed E-state index contributed by atoms with van der Waals surface area (Å²) in [5, 5.41) is 8.97. The van der Waals surface area contributed by atoms with Gasteiger partial charge >= 0.3 is 0 Å². The summed E-state index contributed by atoms with van der Waals surface area (Å²) in [7, 11) is 1.91. The van der Waals surface area contributed by atoms with Crippen LogP contribution in [0.1, 0.15) is 22.5 Å². The normalized spacial score (nSPS) is 10.1. The summed E-state index contributed by atoms with van der Waals surface area (Å²) in [6.07, 6.45) is 0. The number of aryl methyl sites for hydroxylation is 3. The lowest BCUT2D eigenvalue weighted by molar-refractivity contribution is 1.00. The molecular weight excluding hydrogens is 236 g/mol. The van der Waals surface area contributed by atoms with E-state index >= 15 is 0 Å². The van der Waals surface area contributed by atoms with Crippen LogP contribution in [0.4, 0.5) is 11.6 Å². The summed E-state index contributed by atoms with van der Waals surface area (Å²) in [6.45, 7) is 5.98. The van der Waals surface area contributed by atoms with E-state index in [2.05, 4.69) is 48.1 Å². The molecule has 0 saturated carbocycles. The second kappa shape index (κ2) is 5.07. The van der Waals surface area contributed by atoms with Crippen molar-refractivity contribution in [1.29, 1.82) is 5.26 Å². The summed E-state index contributed by atoms with van der Waals surface area (Å²) < 4.78 is 0. The molecule has 0 unspecified atom stereocenters. The van der Waals surface area contributed by atoms with Crippen molar-refractivity contribution in [2.45, 2.75) is 20.8 Å². The van der Waals surface area contributed by atoms with Gasteiger partial charge in [0.05, 0.1) is 0 Å². The van der Waals surface area contributed by atoms with Gasteiger partial charge in [0, 0.05) is 18.4 Å². The van der Waals surface area contributed by atoms with Crippen LogP contribution in [0.2, 0.25) is 0 Å². The maximum absolute atomic E-state index is 8.97. The van der Waals surface area contributed by atoms with E-state index in [1.807, 2.05) is 18.9 Å². The Labute approximate surface area is 113 Å². The molecule has 0 amide bonds. The molecule has 4 heteroatoms. The summed E-state index contributed by atoms with van der Waals surface area (Å²) >= 11 is 0. The van der Waals surface area contributed by atoms with Gasteiger partial charge in [0.25, 0.3) is 0 Å². The van der Waals surface area contributed by atoms with Gasteiger partial charge in [-0.15, -0.1) is 0 Å². The Morgan fingerprint density at radius 2 is 1.63 bits per heavy atom. The van der Waals surface area contributed by atoms with Crippen LogP contribution >= 0.6 is 0 Å². The Morgan fingerprint density at radius 1 is 1.00 bits per heavy atom. The number of anilines is 2. The number of hydrogen-bond acceptors (Lipinski definition) is 4. The summed E-state index contributed by atoms with van der Waals surface area (Å²) in [6, 6.07) is 10.0. The number of rotatable bonds is 2. The van der Waals surface area contributed by atoms with E-state index in [4.69, 9.17) is 5.26 Å². The van der Waals surface area contributed by atoms with Gasteiger partial charge in [-0.05, 0) is 50.1 Å². The van der Waals surface area contributed by atoms with Gasteiger partial charge in [0.2, 0.25) is 5.95 Å². The minimum atomic E-state index is 0.388. The molecule has 0 aliphatic rings. The smallest absolute Gasteiger partial charge is 0.231 e. The van der Waals surface area contributed by atoms with Gasteiger partial charge in [0.15, 0.2) is 0 Å². The van der Waals surface area contributed by atoms with Crippen molar-refractivity contribution < 1.29 is 0 Å². The SMILES string of the molecule is Cc1cc(C)cc(N(C)c2nc(C)cc(C#N)n2)c1. The molecule has 96 valence electrons. The van der Waals surface area contributed by atoms with Crippen LogP contribution in [0.15, 0.2) is 24.3 Å². The maximum Gasteiger partial charge on any atom is 0.231 e.